The van der Waals surface area contributed by atoms with E-state index in [9.17, 15) is 9.59 Å². The van der Waals surface area contributed by atoms with Crippen LogP contribution >= 0.6 is 0 Å². The predicted octanol–water partition coefficient (Wildman–Crippen LogP) is 2.27. The van der Waals surface area contributed by atoms with Gasteiger partial charge in [-0.1, -0.05) is 24.3 Å². The molecule has 1 aromatic rings. The summed E-state index contributed by atoms with van der Waals surface area (Å²) in [6.45, 7) is 7.00. The minimum absolute atomic E-state index is 0.0310. The molecule has 0 aromatic heterocycles. The average molecular weight is 248 g/mol. The highest BCUT2D eigenvalue weighted by molar-refractivity contribution is 5.89. The zero-order chi connectivity index (χ0) is 13.5. The first-order chi connectivity index (χ1) is 8.50. The van der Waals surface area contributed by atoms with Crippen LogP contribution in [-0.2, 0) is 14.3 Å². The molecule has 4 nitrogen and oxygen atoms in total. The van der Waals surface area contributed by atoms with E-state index in [1.54, 1.807) is 19.1 Å². The normalized spacial score (nSPS) is 9.67. The highest BCUT2D eigenvalue weighted by Crippen LogP contribution is 2.04. The molecule has 0 aliphatic heterocycles. The Kier molecular flexibility index (Phi) is 5.11. The van der Waals surface area contributed by atoms with E-state index in [1.807, 2.05) is 19.1 Å². The molecule has 0 amide bonds. The van der Waals surface area contributed by atoms with Crippen molar-refractivity contribution in [3.63, 3.8) is 0 Å². The standard InChI is InChI=1S/C14H16O4/c1-10(2)13(15)17-8-9-18-14(16)12-6-4-11(3)5-7-12/h4-7H,1,8-9H2,2-3H3. The van der Waals surface area contributed by atoms with E-state index >= 15 is 0 Å². The van der Waals surface area contributed by atoms with Crippen molar-refractivity contribution in [3.05, 3.63) is 47.5 Å². The maximum Gasteiger partial charge on any atom is 0.338 e. The Morgan fingerprint density at radius 3 is 2.22 bits per heavy atom. The van der Waals surface area contributed by atoms with Crippen molar-refractivity contribution in [2.75, 3.05) is 13.2 Å². The number of aryl methyl sites for hydroxylation is 1. The molecule has 0 bridgehead atoms. The Labute approximate surface area is 106 Å². The van der Waals surface area contributed by atoms with Crippen LogP contribution in [0, 0.1) is 6.92 Å². The lowest BCUT2D eigenvalue weighted by atomic mass is 10.1. The lowest BCUT2D eigenvalue weighted by Gasteiger charge is -2.06. The van der Waals surface area contributed by atoms with Crippen molar-refractivity contribution >= 4 is 11.9 Å². The lowest BCUT2D eigenvalue weighted by molar-refractivity contribution is -0.140. The van der Waals surface area contributed by atoms with E-state index in [0.717, 1.165) is 5.56 Å². The second-order valence-electron chi connectivity index (χ2n) is 3.92. The van der Waals surface area contributed by atoms with Gasteiger partial charge in [-0.2, -0.15) is 0 Å². The van der Waals surface area contributed by atoms with E-state index in [2.05, 4.69) is 6.58 Å². The molecule has 18 heavy (non-hydrogen) atoms. The molecule has 0 N–H and O–H groups in total. The average Bonchev–Trinajstić information content (AvgIpc) is 2.34. The van der Waals surface area contributed by atoms with Gasteiger partial charge in [0.25, 0.3) is 0 Å². The number of ether oxygens (including phenoxy) is 2. The first-order valence-electron chi connectivity index (χ1n) is 5.57. The van der Waals surface area contributed by atoms with Gasteiger partial charge in [0.15, 0.2) is 0 Å². The third-order valence-corrected chi connectivity index (χ3v) is 2.19. The van der Waals surface area contributed by atoms with Gasteiger partial charge in [-0.15, -0.1) is 0 Å². The Morgan fingerprint density at radius 2 is 1.67 bits per heavy atom. The van der Waals surface area contributed by atoms with E-state index in [0.29, 0.717) is 11.1 Å². The molecule has 96 valence electrons. The van der Waals surface area contributed by atoms with Crippen LogP contribution < -0.4 is 0 Å². The number of hydrogen-bond donors (Lipinski definition) is 0. The molecule has 0 aliphatic rings. The van der Waals surface area contributed by atoms with Gasteiger partial charge in [0, 0.05) is 5.57 Å². The van der Waals surface area contributed by atoms with Crippen LogP contribution in [0.2, 0.25) is 0 Å². The van der Waals surface area contributed by atoms with Crippen molar-refractivity contribution in [2.24, 2.45) is 0 Å². The van der Waals surface area contributed by atoms with Crippen LogP contribution in [-0.4, -0.2) is 25.2 Å². The summed E-state index contributed by atoms with van der Waals surface area (Å²) in [5.41, 5.74) is 1.87. The molecular formula is C14H16O4. The Morgan fingerprint density at radius 1 is 1.11 bits per heavy atom. The van der Waals surface area contributed by atoms with Gasteiger partial charge in [-0.3, -0.25) is 0 Å². The minimum Gasteiger partial charge on any atom is -0.459 e. The summed E-state index contributed by atoms with van der Waals surface area (Å²) >= 11 is 0. The summed E-state index contributed by atoms with van der Waals surface area (Å²) in [7, 11) is 0. The second kappa shape index (κ2) is 6.59. The predicted molar refractivity (Wildman–Crippen MR) is 67.2 cm³/mol. The van der Waals surface area contributed by atoms with Crippen LogP contribution in [0.1, 0.15) is 22.8 Å². The fraction of sp³-hybridized carbons (Fsp3) is 0.286. The summed E-state index contributed by atoms with van der Waals surface area (Å²) in [5, 5.41) is 0. The van der Waals surface area contributed by atoms with Crippen LogP contribution in [0.5, 0.6) is 0 Å². The molecule has 0 saturated carbocycles. The fourth-order valence-electron chi connectivity index (χ4n) is 1.16. The number of esters is 2. The monoisotopic (exact) mass is 248 g/mol. The van der Waals surface area contributed by atoms with Gasteiger partial charge in [0.2, 0.25) is 0 Å². The molecule has 0 atom stereocenters. The highest BCUT2D eigenvalue weighted by Gasteiger charge is 2.07. The summed E-state index contributed by atoms with van der Waals surface area (Å²) < 4.78 is 9.75. The first kappa shape index (κ1) is 14.0. The smallest absolute Gasteiger partial charge is 0.338 e. The van der Waals surface area contributed by atoms with Gasteiger partial charge in [-0.25, -0.2) is 9.59 Å². The van der Waals surface area contributed by atoms with Gasteiger partial charge >= 0.3 is 11.9 Å². The third kappa shape index (κ3) is 4.41. The van der Waals surface area contributed by atoms with Gasteiger partial charge in [-0.05, 0) is 26.0 Å². The van der Waals surface area contributed by atoms with Gasteiger partial charge < -0.3 is 9.47 Å². The molecule has 1 rings (SSSR count). The zero-order valence-electron chi connectivity index (χ0n) is 10.6. The maximum atomic E-state index is 11.6. The van der Waals surface area contributed by atoms with Gasteiger partial charge in [0.1, 0.15) is 13.2 Å². The summed E-state index contributed by atoms with van der Waals surface area (Å²) in [6.07, 6.45) is 0. The molecular weight excluding hydrogens is 232 g/mol. The molecule has 0 unspecified atom stereocenters. The Bertz CT molecular complexity index is 445. The van der Waals surface area contributed by atoms with Crippen LogP contribution in [0.4, 0.5) is 0 Å². The molecule has 0 fully saturated rings. The molecule has 0 aliphatic carbocycles. The lowest BCUT2D eigenvalue weighted by Crippen LogP contribution is -2.14. The molecule has 0 spiro atoms. The SMILES string of the molecule is C=C(C)C(=O)OCCOC(=O)c1ccc(C)cc1. The molecule has 4 heteroatoms. The first-order valence-corrected chi connectivity index (χ1v) is 5.57. The quantitative estimate of drug-likeness (QED) is 0.455. The maximum absolute atomic E-state index is 11.6. The summed E-state index contributed by atoms with van der Waals surface area (Å²) in [4.78, 5) is 22.6. The van der Waals surface area contributed by atoms with Crippen molar-refractivity contribution in [3.8, 4) is 0 Å². The topological polar surface area (TPSA) is 52.6 Å². The van der Waals surface area contributed by atoms with Crippen molar-refractivity contribution < 1.29 is 19.1 Å². The zero-order valence-corrected chi connectivity index (χ0v) is 10.6. The summed E-state index contributed by atoms with van der Waals surface area (Å²) in [5.74, 6) is -0.914. The van der Waals surface area contributed by atoms with E-state index in [-0.39, 0.29) is 13.2 Å². The number of rotatable bonds is 5. The molecule has 1 aromatic carbocycles. The van der Waals surface area contributed by atoms with Crippen molar-refractivity contribution in [2.45, 2.75) is 13.8 Å². The van der Waals surface area contributed by atoms with Crippen LogP contribution in [0.15, 0.2) is 36.4 Å². The highest BCUT2D eigenvalue weighted by atomic mass is 16.6. The van der Waals surface area contributed by atoms with Crippen molar-refractivity contribution in [1.82, 2.24) is 0 Å². The number of benzene rings is 1. The van der Waals surface area contributed by atoms with Gasteiger partial charge in [0.05, 0.1) is 5.56 Å². The van der Waals surface area contributed by atoms with E-state index in [1.165, 1.54) is 0 Å². The fourth-order valence-corrected chi connectivity index (χ4v) is 1.16. The van der Waals surface area contributed by atoms with Crippen molar-refractivity contribution in [1.29, 1.82) is 0 Å². The minimum atomic E-state index is -0.485. The third-order valence-electron chi connectivity index (χ3n) is 2.19. The molecule has 0 saturated heterocycles. The number of carbonyl (C=O) groups is 2. The van der Waals surface area contributed by atoms with Crippen LogP contribution in [0.3, 0.4) is 0 Å². The van der Waals surface area contributed by atoms with Crippen LogP contribution in [0.25, 0.3) is 0 Å². The number of hydrogen-bond acceptors (Lipinski definition) is 4. The number of carbonyl (C=O) groups excluding carboxylic acids is 2. The molecule has 0 radical (unpaired) electrons. The largest absolute Gasteiger partial charge is 0.459 e. The van der Waals surface area contributed by atoms with E-state index in [4.69, 9.17) is 9.47 Å². The summed E-state index contributed by atoms with van der Waals surface area (Å²) in [6, 6.07) is 7.05. The molecule has 0 heterocycles. The Balaban J connectivity index is 2.32. The van der Waals surface area contributed by atoms with E-state index < -0.39 is 11.9 Å². The Hall–Kier alpha value is -2.10. The second-order valence-corrected chi connectivity index (χ2v) is 3.92.